The molecule has 0 aliphatic heterocycles. The summed E-state index contributed by atoms with van der Waals surface area (Å²) in [6.07, 6.45) is -0.204. The summed E-state index contributed by atoms with van der Waals surface area (Å²) in [4.78, 5) is 3.86. The number of anilines is 1. The minimum Gasteiger partial charge on any atom is -0.361 e. The topological polar surface area (TPSA) is 24.9 Å². The molecule has 0 unspecified atom stereocenters. The maximum absolute atomic E-state index is 12.3. The summed E-state index contributed by atoms with van der Waals surface area (Å²) < 4.78 is 24.7. The normalized spacial score (nSPS) is 11.7. The van der Waals surface area contributed by atoms with Gasteiger partial charge in [0.05, 0.1) is 0 Å². The molecule has 0 saturated heterocycles. The zero-order valence-corrected chi connectivity index (χ0v) is 8.55. The molecule has 1 N–H and O–H groups in total. The maximum Gasteiger partial charge on any atom is 0.247 e. The number of halogens is 3. The van der Waals surface area contributed by atoms with Crippen molar-refractivity contribution in [1.29, 1.82) is 0 Å². The first-order valence-electron chi connectivity index (χ1n) is 3.70. The lowest BCUT2D eigenvalue weighted by Crippen LogP contribution is -2.15. The third-order valence-electron chi connectivity index (χ3n) is 1.32. The SMILES string of the molecule is CC(F)(F)CCNc1nc(Cl)cs1. The van der Waals surface area contributed by atoms with Gasteiger partial charge in [0.25, 0.3) is 0 Å². The Labute approximate surface area is 83.9 Å². The van der Waals surface area contributed by atoms with Gasteiger partial charge in [0, 0.05) is 18.3 Å². The molecule has 6 heteroatoms. The van der Waals surface area contributed by atoms with Crippen LogP contribution in [0.25, 0.3) is 0 Å². The lowest BCUT2D eigenvalue weighted by atomic mass is 10.3. The van der Waals surface area contributed by atoms with Crippen LogP contribution in [-0.4, -0.2) is 17.5 Å². The molecule has 13 heavy (non-hydrogen) atoms. The van der Waals surface area contributed by atoms with Gasteiger partial charge in [-0.25, -0.2) is 13.8 Å². The van der Waals surface area contributed by atoms with E-state index in [2.05, 4.69) is 10.3 Å². The average molecular weight is 227 g/mol. The van der Waals surface area contributed by atoms with Crippen molar-refractivity contribution in [3.8, 4) is 0 Å². The molecule has 0 fully saturated rings. The smallest absolute Gasteiger partial charge is 0.247 e. The molecule has 0 aliphatic rings. The van der Waals surface area contributed by atoms with E-state index in [-0.39, 0.29) is 13.0 Å². The highest BCUT2D eigenvalue weighted by atomic mass is 35.5. The predicted molar refractivity (Wildman–Crippen MR) is 50.9 cm³/mol. The van der Waals surface area contributed by atoms with E-state index >= 15 is 0 Å². The quantitative estimate of drug-likeness (QED) is 0.853. The zero-order valence-electron chi connectivity index (χ0n) is 6.98. The first-order valence-corrected chi connectivity index (χ1v) is 4.96. The van der Waals surface area contributed by atoms with Crippen molar-refractivity contribution in [2.45, 2.75) is 19.3 Å². The predicted octanol–water partition coefficient (Wildman–Crippen LogP) is 3.25. The van der Waals surface area contributed by atoms with Crippen molar-refractivity contribution in [3.05, 3.63) is 10.5 Å². The van der Waals surface area contributed by atoms with Crippen LogP contribution in [0.3, 0.4) is 0 Å². The molecule has 1 rings (SSSR count). The number of hydrogen-bond acceptors (Lipinski definition) is 3. The van der Waals surface area contributed by atoms with Crippen LogP contribution in [0.5, 0.6) is 0 Å². The van der Waals surface area contributed by atoms with Gasteiger partial charge in [-0.3, -0.25) is 0 Å². The molecular formula is C7H9ClF2N2S. The van der Waals surface area contributed by atoms with Crippen molar-refractivity contribution >= 4 is 28.1 Å². The van der Waals surface area contributed by atoms with E-state index in [9.17, 15) is 8.78 Å². The van der Waals surface area contributed by atoms with E-state index in [0.29, 0.717) is 10.3 Å². The van der Waals surface area contributed by atoms with Crippen LogP contribution in [0.1, 0.15) is 13.3 Å². The Morgan fingerprint density at radius 1 is 1.69 bits per heavy atom. The summed E-state index contributed by atoms with van der Waals surface area (Å²) in [6, 6.07) is 0. The minimum absolute atomic E-state index is 0.202. The maximum atomic E-state index is 12.3. The molecule has 0 spiro atoms. The van der Waals surface area contributed by atoms with E-state index in [0.717, 1.165) is 6.92 Å². The fourth-order valence-electron chi connectivity index (χ4n) is 0.724. The summed E-state index contributed by atoms with van der Waals surface area (Å²) in [7, 11) is 0. The molecule has 0 amide bonds. The van der Waals surface area contributed by atoms with Crippen molar-refractivity contribution < 1.29 is 8.78 Å². The fraction of sp³-hybridized carbons (Fsp3) is 0.571. The van der Waals surface area contributed by atoms with Crippen LogP contribution in [0.4, 0.5) is 13.9 Å². The average Bonchev–Trinajstić information content (AvgIpc) is 2.33. The molecular weight excluding hydrogens is 218 g/mol. The highest BCUT2D eigenvalue weighted by molar-refractivity contribution is 7.14. The van der Waals surface area contributed by atoms with Crippen molar-refractivity contribution in [3.63, 3.8) is 0 Å². The Bertz CT molecular complexity index is 272. The highest BCUT2D eigenvalue weighted by Gasteiger charge is 2.19. The highest BCUT2D eigenvalue weighted by Crippen LogP contribution is 2.20. The molecule has 1 aromatic rings. The van der Waals surface area contributed by atoms with Crippen LogP contribution in [-0.2, 0) is 0 Å². The summed E-state index contributed by atoms with van der Waals surface area (Å²) in [5.41, 5.74) is 0. The summed E-state index contributed by atoms with van der Waals surface area (Å²) in [5, 5.41) is 5.37. The van der Waals surface area contributed by atoms with Crippen LogP contribution in [0.15, 0.2) is 5.38 Å². The minimum atomic E-state index is -2.63. The van der Waals surface area contributed by atoms with Crippen molar-refractivity contribution in [2.75, 3.05) is 11.9 Å². The number of aromatic nitrogens is 1. The lowest BCUT2D eigenvalue weighted by Gasteiger charge is -2.09. The standard InChI is InChI=1S/C7H9ClF2N2S/c1-7(9,10)2-3-11-6-12-5(8)4-13-6/h4H,2-3H2,1H3,(H,11,12). The second kappa shape index (κ2) is 4.19. The van der Waals surface area contributed by atoms with Crippen LogP contribution in [0.2, 0.25) is 5.15 Å². The molecule has 0 aliphatic carbocycles. The number of alkyl halides is 2. The number of thiazole rings is 1. The Morgan fingerprint density at radius 3 is 2.85 bits per heavy atom. The second-order valence-corrected chi connectivity index (χ2v) is 3.97. The van der Waals surface area contributed by atoms with Crippen LogP contribution < -0.4 is 5.32 Å². The molecule has 0 bridgehead atoms. The number of nitrogens with one attached hydrogen (secondary N) is 1. The monoisotopic (exact) mass is 226 g/mol. The molecule has 0 atom stereocenters. The summed E-state index contributed by atoms with van der Waals surface area (Å²) in [5.74, 6) is -2.63. The van der Waals surface area contributed by atoms with E-state index < -0.39 is 5.92 Å². The van der Waals surface area contributed by atoms with Gasteiger partial charge >= 0.3 is 0 Å². The van der Waals surface area contributed by atoms with E-state index in [1.807, 2.05) is 0 Å². The number of hydrogen-bond donors (Lipinski definition) is 1. The van der Waals surface area contributed by atoms with Crippen LogP contribution >= 0.6 is 22.9 Å². The van der Waals surface area contributed by atoms with Crippen molar-refractivity contribution in [1.82, 2.24) is 4.98 Å². The van der Waals surface area contributed by atoms with Crippen LogP contribution in [0, 0.1) is 0 Å². The van der Waals surface area contributed by atoms with Gasteiger partial charge < -0.3 is 5.32 Å². The Hall–Kier alpha value is -0.420. The van der Waals surface area contributed by atoms with Gasteiger partial charge in [0.15, 0.2) is 5.13 Å². The van der Waals surface area contributed by atoms with Gasteiger partial charge in [0.1, 0.15) is 5.15 Å². The molecule has 74 valence electrons. The number of nitrogens with zero attached hydrogens (tertiary/aromatic N) is 1. The molecule has 0 radical (unpaired) electrons. The molecule has 1 heterocycles. The molecule has 0 aromatic carbocycles. The largest absolute Gasteiger partial charge is 0.361 e. The van der Waals surface area contributed by atoms with Gasteiger partial charge in [-0.05, 0) is 6.92 Å². The summed E-state index contributed by atoms with van der Waals surface area (Å²) >= 11 is 6.84. The van der Waals surface area contributed by atoms with Gasteiger partial charge in [-0.2, -0.15) is 0 Å². The third-order valence-corrected chi connectivity index (χ3v) is 2.44. The van der Waals surface area contributed by atoms with E-state index in [1.54, 1.807) is 5.38 Å². The first-order chi connectivity index (χ1) is 5.97. The molecule has 0 saturated carbocycles. The Balaban J connectivity index is 2.28. The Kier molecular flexibility index (Phi) is 3.44. The second-order valence-electron chi connectivity index (χ2n) is 2.72. The van der Waals surface area contributed by atoms with E-state index in [1.165, 1.54) is 11.3 Å². The lowest BCUT2D eigenvalue weighted by molar-refractivity contribution is 0.0167. The van der Waals surface area contributed by atoms with Gasteiger partial charge in [-0.15, -0.1) is 11.3 Å². The molecule has 2 nitrogen and oxygen atoms in total. The van der Waals surface area contributed by atoms with Gasteiger partial charge in [0.2, 0.25) is 5.92 Å². The summed E-state index contributed by atoms with van der Waals surface area (Å²) in [6.45, 7) is 1.09. The van der Waals surface area contributed by atoms with Crippen molar-refractivity contribution in [2.24, 2.45) is 0 Å². The van der Waals surface area contributed by atoms with E-state index in [4.69, 9.17) is 11.6 Å². The Morgan fingerprint density at radius 2 is 2.38 bits per heavy atom. The zero-order chi connectivity index (χ0) is 9.90. The fourth-order valence-corrected chi connectivity index (χ4v) is 1.59. The first kappa shape index (κ1) is 10.7. The van der Waals surface area contributed by atoms with Gasteiger partial charge in [-0.1, -0.05) is 11.6 Å². The third kappa shape index (κ3) is 4.38. The molecule has 1 aromatic heterocycles. The number of rotatable bonds is 4.